The van der Waals surface area contributed by atoms with Crippen LogP contribution in [0.1, 0.15) is 17.0 Å². The van der Waals surface area contributed by atoms with Gasteiger partial charge in [0, 0.05) is 5.69 Å². The van der Waals surface area contributed by atoms with Crippen molar-refractivity contribution >= 4 is 11.6 Å². The predicted octanol–water partition coefficient (Wildman–Crippen LogP) is 3.71. The van der Waals surface area contributed by atoms with Crippen LogP contribution in [-0.4, -0.2) is 15.7 Å². The molecule has 1 heterocycles. The molecule has 0 aliphatic carbocycles. The molecule has 0 saturated heterocycles. The van der Waals surface area contributed by atoms with Crippen LogP contribution in [-0.2, 0) is 17.5 Å². The lowest BCUT2D eigenvalue weighted by molar-refractivity contribution is -0.143. The Morgan fingerprint density at radius 2 is 1.60 bits per heavy atom. The molecule has 0 aliphatic heterocycles. The maximum atomic E-state index is 13.7. The second-order valence-corrected chi connectivity index (χ2v) is 5.14. The molecule has 1 aromatic carbocycles. The molecular weight excluding hydrogens is 359 g/mol. The topological polar surface area (TPSA) is 46.9 Å². The van der Waals surface area contributed by atoms with Gasteiger partial charge in [0.1, 0.15) is 17.8 Å². The zero-order valence-corrected chi connectivity index (χ0v) is 12.7. The number of hydrogen-bond acceptors (Lipinski definition) is 2. The number of amides is 1. The minimum absolute atomic E-state index is 0.512. The van der Waals surface area contributed by atoms with Crippen molar-refractivity contribution in [3.8, 4) is 0 Å². The Balaban J connectivity index is 2.37. The molecule has 0 radical (unpaired) electrons. The van der Waals surface area contributed by atoms with Gasteiger partial charge in [-0.25, -0.2) is 17.6 Å². The smallest absolute Gasteiger partial charge is 0.319 e. The Hall–Kier alpha value is -2.59. The van der Waals surface area contributed by atoms with Gasteiger partial charge in [0.05, 0.1) is 5.69 Å². The van der Waals surface area contributed by atoms with E-state index in [-0.39, 0.29) is 0 Å². The van der Waals surface area contributed by atoms with Gasteiger partial charge in [0.2, 0.25) is 5.91 Å². The van der Waals surface area contributed by atoms with Gasteiger partial charge in [-0.15, -0.1) is 0 Å². The first-order chi connectivity index (χ1) is 11.4. The molecule has 1 N–H and O–H groups in total. The number of halogens is 7. The van der Waals surface area contributed by atoms with Gasteiger partial charge in [0.15, 0.2) is 23.3 Å². The fourth-order valence-electron chi connectivity index (χ4n) is 2.14. The minimum atomic E-state index is -5.65. The van der Waals surface area contributed by atoms with Gasteiger partial charge in [0.25, 0.3) is 0 Å². The van der Waals surface area contributed by atoms with Crippen LogP contribution in [0.4, 0.5) is 36.4 Å². The van der Waals surface area contributed by atoms with Gasteiger partial charge in [-0.05, 0) is 19.9 Å². The van der Waals surface area contributed by atoms with Crippen LogP contribution in [0.25, 0.3) is 0 Å². The van der Waals surface area contributed by atoms with Crippen molar-refractivity contribution in [1.82, 2.24) is 9.78 Å². The molecule has 0 bridgehead atoms. The maximum Gasteiger partial charge on any atom is 0.422 e. The van der Waals surface area contributed by atoms with Crippen molar-refractivity contribution in [2.45, 2.75) is 26.6 Å². The summed E-state index contributed by atoms with van der Waals surface area (Å²) in [5.41, 5.74) is -3.30. The highest BCUT2D eigenvalue weighted by molar-refractivity contribution is 5.91. The number of anilines is 1. The summed E-state index contributed by atoms with van der Waals surface area (Å²) in [6, 6.07) is 1.59. The summed E-state index contributed by atoms with van der Waals surface area (Å²) in [6.07, 6.45) is -5.65. The number of aromatic nitrogens is 2. The largest absolute Gasteiger partial charge is 0.422 e. The number of carbonyl (C=O) groups excluding carboxylic acids is 1. The number of carbonyl (C=O) groups is 1. The second kappa shape index (κ2) is 6.37. The van der Waals surface area contributed by atoms with Gasteiger partial charge in [-0.3, -0.25) is 9.48 Å². The predicted molar refractivity (Wildman–Crippen MR) is 71.6 cm³/mol. The highest BCUT2D eigenvalue weighted by Crippen LogP contribution is 2.38. The average molecular weight is 369 g/mol. The third-order valence-corrected chi connectivity index (χ3v) is 3.21. The van der Waals surface area contributed by atoms with E-state index in [1.807, 2.05) is 0 Å². The summed E-state index contributed by atoms with van der Waals surface area (Å²) in [4.78, 5) is 11.8. The Morgan fingerprint density at radius 1 is 1.08 bits per heavy atom. The molecule has 11 heteroatoms. The lowest BCUT2D eigenvalue weighted by Gasteiger charge is -2.14. The van der Waals surface area contributed by atoms with E-state index in [9.17, 15) is 35.5 Å². The Morgan fingerprint density at radius 3 is 2.00 bits per heavy atom. The van der Waals surface area contributed by atoms with Crippen LogP contribution < -0.4 is 5.32 Å². The van der Waals surface area contributed by atoms with E-state index >= 15 is 0 Å². The molecule has 1 aromatic heterocycles. The third kappa shape index (κ3) is 3.59. The summed E-state index contributed by atoms with van der Waals surface area (Å²) < 4.78 is 92.9. The molecule has 2 rings (SSSR count). The number of benzene rings is 1. The standard InChI is InChI=1S/C14H10F7N3O/c1-5-3-6(2)24(23-5)4-7(25)22-13-11(17)9(15)8(14(19,20)21)10(16)12(13)18/h3H,4H2,1-2H3,(H,22,25). The highest BCUT2D eigenvalue weighted by atomic mass is 19.4. The first kappa shape index (κ1) is 18.7. The van der Waals surface area contributed by atoms with Crippen molar-refractivity contribution in [2.24, 2.45) is 0 Å². The van der Waals surface area contributed by atoms with Crippen LogP contribution in [0, 0.1) is 37.1 Å². The molecule has 0 fully saturated rings. The summed E-state index contributed by atoms with van der Waals surface area (Å²) in [7, 11) is 0. The summed E-state index contributed by atoms with van der Waals surface area (Å²) in [5.74, 6) is -11.1. The molecule has 4 nitrogen and oxygen atoms in total. The number of nitrogens with one attached hydrogen (secondary N) is 1. The first-order valence-electron chi connectivity index (χ1n) is 6.67. The van der Waals surface area contributed by atoms with Gasteiger partial charge in [-0.2, -0.15) is 18.3 Å². The average Bonchev–Trinajstić information content (AvgIpc) is 2.78. The Kier molecular flexibility index (Phi) is 4.78. The van der Waals surface area contributed by atoms with Crippen molar-refractivity contribution in [2.75, 3.05) is 5.32 Å². The molecule has 0 atom stereocenters. The highest BCUT2D eigenvalue weighted by Gasteiger charge is 2.42. The fraction of sp³-hybridized carbons (Fsp3) is 0.286. The monoisotopic (exact) mass is 369 g/mol. The molecule has 0 unspecified atom stereocenters. The van der Waals surface area contributed by atoms with Gasteiger partial charge >= 0.3 is 6.18 Å². The lowest BCUT2D eigenvalue weighted by Crippen LogP contribution is -2.24. The number of nitrogens with zero attached hydrogens (tertiary/aromatic N) is 2. The van der Waals surface area contributed by atoms with E-state index in [0.717, 1.165) is 4.68 Å². The summed E-state index contributed by atoms with van der Waals surface area (Å²) in [6.45, 7) is 2.62. The molecule has 0 spiro atoms. The fourth-order valence-corrected chi connectivity index (χ4v) is 2.14. The Bertz CT molecular complexity index is 813. The van der Waals surface area contributed by atoms with Crippen molar-refractivity contribution in [1.29, 1.82) is 0 Å². The van der Waals surface area contributed by atoms with Crippen LogP contribution in [0.2, 0.25) is 0 Å². The van der Waals surface area contributed by atoms with E-state index in [2.05, 4.69) is 5.10 Å². The van der Waals surface area contributed by atoms with Crippen molar-refractivity contribution in [3.05, 3.63) is 46.3 Å². The molecule has 25 heavy (non-hydrogen) atoms. The number of hydrogen-bond donors (Lipinski definition) is 1. The Labute approximate surface area is 136 Å². The lowest BCUT2D eigenvalue weighted by atomic mass is 10.1. The minimum Gasteiger partial charge on any atom is -0.319 e. The number of alkyl halides is 3. The van der Waals surface area contributed by atoms with Crippen LogP contribution in [0.5, 0.6) is 0 Å². The van der Waals surface area contributed by atoms with E-state index in [1.165, 1.54) is 5.32 Å². The number of aryl methyl sites for hydroxylation is 2. The molecule has 1 amide bonds. The van der Waals surface area contributed by atoms with E-state index in [0.29, 0.717) is 11.4 Å². The van der Waals surface area contributed by atoms with Crippen LogP contribution >= 0.6 is 0 Å². The molecular formula is C14H10F7N3O. The normalized spacial score (nSPS) is 11.7. The SMILES string of the molecule is Cc1cc(C)n(CC(=O)Nc2c(F)c(F)c(C(F)(F)F)c(F)c2F)n1. The second-order valence-electron chi connectivity index (χ2n) is 5.14. The summed E-state index contributed by atoms with van der Waals surface area (Å²) in [5, 5.41) is 5.42. The van der Waals surface area contributed by atoms with Gasteiger partial charge in [-0.1, -0.05) is 0 Å². The molecule has 2 aromatic rings. The van der Waals surface area contributed by atoms with Crippen molar-refractivity contribution < 1.29 is 35.5 Å². The van der Waals surface area contributed by atoms with Crippen molar-refractivity contribution in [3.63, 3.8) is 0 Å². The zero-order chi connectivity index (χ0) is 19.1. The zero-order valence-electron chi connectivity index (χ0n) is 12.7. The quantitative estimate of drug-likeness (QED) is 0.662. The van der Waals surface area contributed by atoms with E-state index in [4.69, 9.17) is 0 Å². The molecule has 0 saturated carbocycles. The van der Waals surface area contributed by atoms with E-state index in [1.54, 1.807) is 19.9 Å². The van der Waals surface area contributed by atoms with Gasteiger partial charge < -0.3 is 5.32 Å². The number of rotatable bonds is 3. The first-order valence-corrected chi connectivity index (χ1v) is 6.67. The third-order valence-electron chi connectivity index (χ3n) is 3.21. The maximum absolute atomic E-state index is 13.7. The van der Waals surface area contributed by atoms with E-state index < -0.39 is 53.1 Å². The van der Waals surface area contributed by atoms with Crippen LogP contribution in [0.15, 0.2) is 6.07 Å². The van der Waals surface area contributed by atoms with Crippen LogP contribution in [0.3, 0.4) is 0 Å². The summed E-state index contributed by atoms with van der Waals surface area (Å²) >= 11 is 0. The molecule has 0 aliphatic rings. The molecule has 136 valence electrons.